The Labute approximate surface area is 112 Å². The van der Waals surface area contributed by atoms with Crippen LogP contribution in [0.2, 0.25) is 0 Å². The molecule has 0 radical (unpaired) electrons. The summed E-state index contributed by atoms with van der Waals surface area (Å²) < 4.78 is 13.5. The molecule has 0 saturated heterocycles. The number of phenolic OH excluding ortho intramolecular Hbond substituents is 1. The van der Waals surface area contributed by atoms with Crippen molar-refractivity contribution < 1.29 is 9.50 Å². The molecule has 0 spiro atoms. The van der Waals surface area contributed by atoms with Gasteiger partial charge in [-0.2, -0.15) is 0 Å². The molecule has 2 nitrogen and oxygen atoms in total. The van der Waals surface area contributed by atoms with Gasteiger partial charge in [-0.15, -0.1) is 0 Å². The first-order valence-corrected chi connectivity index (χ1v) is 6.43. The second-order valence-corrected chi connectivity index (χ2v) is 4.58. The summed E-state index contributed by atoms with van der Waals surface area (Å²) in [6, 6.07) is 12.2. The van der Waals surface area contributed by atoms with Crippen LogP contribution in [-0.2, 0) is 0 Å². The van der Waals surface area contributed by atoms with Gasteiger partial charge >= 0.3 is 0 Å². The van der Waals surface area contributed by atoms with Crippen molar-refractivity contribution in [2.45, 2.75) is 26.3 Å². The van der Waals surface area contributed by atoms with Crippen LogP contribution < -0.4 is 5.32 Å². The van der Waals surface area contributed by atoms with Gasteiger partial charge < -0.3 is 10.4 Å². The summed E-state index contributed by atoms with van der Waals surface area (Å²) in [7, 11) is 0. The van der Waals surface area contributed by atoms with E-state index in [-0.39, 0.29) is 17.6 Å². The first kappa shape index (κ1) is 13.4. The zero-order valence-electron chi connectivity index (χ0n) is 11.2. The average molecular weight is 259 g/mol. The molecule has 2 aromatic carbocycles. The topological polar surface area (TPSA) is 32.3 Å². The number of benzene rings is 2. The van der Waals surface area contributed by atoms with Crippen LogP contribution in [0, 0.1) is 12.7 Å². The van der Waals surface area contributed by atoms with E-state index in [1.807, 2.05) is 25.1 Å². The summed E-state index contributed by atoms with van der Waals surface area (Å²) in [4.78, 5) is 0. The van der Waals surface area contributed by atoms with Gasteiger partial charge in [0.2, 0.25) is 0 Å². The lowest BCUT2D eigenvalue weighted by atomic mass is 10.0. The summed E-state index contributed by atoms with van der Waals surface area (Å²) >= 11 is 0. The molecule has 3 heteroatoms. The third-order valence-corrected chi connectivity index (χ3v) is 3.32. The lowest BCUT2D eigenvalue weighted by Crippen LogP contribution is -2.11. The van der Waals surface area contributed by atoms with Gasteiger partial charge in [0.05, 0.1) is 6.04 Å². The van der Waals surface area contributed by atoms with Gasteiger partial charge in [-0.05, 0) is 31.5 Å². The molecule has 2 rings (SSSR count). The quantitative estimate of drug-likeness (QED) is 0.852. The van der Waals surface area contributed by atoms with Crippen LogP contribution in [0.15, 0.2) is 42.5 Å². The molecule has 0 bridgehead atoms. The van der Waals surface area contributed by atoms with Crippen molar-refractivity contribution in [3.63, 3.8) is 0 Å². The van der Waals surface area contributed by atoms with Crippen molar-refractivity contribution >= 4 is 5.69 Å². The van der Waals surface area contributed by atoms with Crippen LogP contribution in [-0.4, -0.2) is 5.11 Å². The largest absolute Gasteiger partial charge is 0.508 e. The lowest BCUT2D eigenvalue weighted by molar-refractivity contribution is 0.462. The SMILES string of the molecule is CCC(Nc1cccc(F)c1C)c1ccccc1O. The molecular formula is C16H18FNO. The van der Waals surface area contributed by atoms with E-state index in [4.69, 9.17) is 0 Å². The van der Waals surface area contributed by atoms with Gasteiger partial charge in [-0.1, -0.05) is 31.2 Å². The fraction of sp³-hybridized carbons (Fsp3) is 0.250. The Morgan fingerprint density at radius 1 is 1.16 bits per heavy atom. The Morgan fingerprint density at radius 2 is 1.89 bits per heavy atom. The molecule has 19 heavy (non-hydrogen) atoms. The molecule has 0 aromatic heterocycles. The zero-order valence-corrected chi connectivity index (χ0v) is 11.2. The van der Waals surface area contributed by atoms with Crippen LogP contribution in [0.5, 0.6) is 5.75 Å². The molecule has 0 heterocycles. The molecular weight excluding hydrogens is 241 g/mol. The van der Waals surface area contributed by atoms with Gasteiger partial charge in [-0.25, -0.2) is 4.39 Å². The van der Waals surface area contributed by atoms with Gasteiger partial charge in [0.25, 0.3) is 0 Å². The van der Waals surface area contributed by atoms with Gasteiger partial charge in [0, 0.05) is 16.8 Å². The molecule has 1 atom stereocenters. The highest BCUT2D eigenvalue weighted by Crippen LogP contribution is 2.30. The van der Waals surface area contributed by atoms with Crippen molar-refractivity contribution in [3.05, 3.63) is 59.4 Å². The molecule has 2 N–H and O–H groups in total. The van der Waals surface area contributed by atoms with Crippen LogP contribution in [0.25, 0.3) is 0 Å². The minimum Gasteiger partial charge on any atom is -0.508 e. The highest BCUT2D eigenvalue weighted by molar-refractivity contribution is 5.53. The maximum Gasteiger partial charge on any atom is 0.128 e. The average Bonchev–Trinajstić information content (AvgIpc) is 2.41. The summed E-state index contributed by atoms with van der Waals surface area (Å²) in [5, 5.41) is 13.2. The van der Waals surface area contributed by atoms with Crippen LogP contribution in [0.3, 0.4) is 0 Å². The Bertz CT molecular complexity index is 568. The van der Waals surface area contributed by atoms with E-state index in [2.05, 4.69) is 5.32 Å². The van der Waals surface area contributed by atoms with E-state index >= 15 is 0 Å². The monoisotopic (exact) mass is 259 g/mol. The molecule has 100 valence electrons. The fourth-order valence-corrected chi connectivity index (χ4v) is 2.13. The van der Waals surface area contributed by atoms with Crippen molar-refractivity contribution in [2.24, 2.45) is 0 Å². The molecule has 0 aliphatic carbocycles. The molecule has 0 aliphatic rings. The number of para-hydroxylation sites is 1. The Hall–Kier alpha value is -2.03. The van der Waals surface area contributed by atoms with Crippen molar-refractivity contribution in [1.82, 2.24) is 0 Å². The minimum absolute atomic E-state index is 0.0401. The second kappa shape index (κ2) is 5.74. The Morgan fingerprint density at radius 3 is 2.58 bits per heavy atom. The number of aromatic hydroxyl groups is 1. The molecule has 1 unspecified atom stereocenters. The van der Waals surface area contributed by atoms with Crippen molar-refractivity contribution in [2.75, 3.05) is 5.32 Å². The van der Waals surface area contributed by atoms with Crippen LogP contribution in [0.1, 0.15) is 30.5 Å². The number of hydrogen-bond donors (Lipinski definition) is 2. The molecule has 0 amide bonds. The molecule has 0 saturated carbocycles. The molecule has 0 aliphatic heterocycles. The number of anilines is 1. The molecule has 2 aromatic rings. The summed E-state index contributed by atoms with van der Waals surface area (Å²) in [5.41, 5.74) is 2.18. The maximum absolute atomic E-state index is 13.5. The number of phenols is 1. The summed E-state index contributed by atoms with van der Waals surface area (Å²) in [5.74, 6) is 0.0352. The summed E-state index contributed by atoms with van der Waals surface area (Å²) in [6.45, 7) is 3.77. The van der Waals surface area contributed by atoms with E-state index in [1.165, 1.54) is 6.07 Å². The van der Waals surface area contributed by atoms with E-state index in [1.54, 1.807) is 25.1 Å². The van der Waals surface area contributed by atoms with Gasteiger partial charge in [0.1, 0.15) is 11.6 Å². The van der Waals surface area contributed by atoms with E-state index in [0.29, 0.717) is 5.56 Å². The number of hydrogen-bond acceptors (Lipinski definition) is 2. The number of nitrogens with one attached hydrogen (secondary N) is 1. The van der Waals surface area contributed by atoms with Gasteiger partial charge in [0.15, 0.2) is 0 Å². The highest BCUT2D eigenvalue weighted by Gasteiger charge is 2.14. The van der Waals surface area contributed by atoms with Crippen molar-refractivity contribution in [3.8, 4) is 5.75 Å². The predicted molar refractivity (Wildman–Crippen MR) is 75.9 cm³/mol. The lowest BCUT2D eigenvalue weighted by Gasteiger charge is -2.21. The third kappa shape index (κ3) is 2.87. The number of rotatable bonds is 4. The minimum atomic E-state index is -0.225. The molecule has 0 fully saturated rings. The smallest absolute Gasteiger partial charge is 0.128 e. The second-order valence-electron chi connectivity index (χ2n) is 4.58. The zero-order chi connectivity index (χ0) is 13.8. The normalized spacial score (nSPS) is 12.2. The first-order valence-electron chi connectivity index (χ1n) is 6.43. The van der Waals surface area contributed by atoms with E-state index in [0.717, 1.165) is 17.7 Å². The van der Waals surface area contributed by atoms with Crippen LogP contribution >= 0.6 is 0 Å². The fourth-order valence-electron chi connectivity index (χ4n) is 2.13. The predicted octanol–water partition coefficient (Wildman–Crippen LogP) is 4.40. The number of halogens is 1. The van der Waals surface area contributed by atoms with Gasteiger partial charge in [-0.3, -0.25) is 0 Å². The Kier molecular flexibility index (Phi) is 4.05. The summed E-state index contributed by atoms with van der Waals surface area (Å²) in [6.07, 6.45) is 0.799. The highest BCUT2D eigenvalue weighted by atomic mass is 19.1. The van der Waals surface area contributed by atoms with E-state index in [9.17, 15) is 9.50 Å². The van der Waals surface area contributed by atoms with E-state index < -0.39 is 0 Å². The maximum atomic E-state index is 13.5. The first-order chi connectivity index (χ1) is 9.13. The standard InChI is InChI=1S/C16H18FNO/c1-3-14(12-7-4-5-10-16(12)19)18-15-9-6-8-13(17)11(15)2/h4-10,14,18-19H,3H2,1-2H3. The Balaban J connectivity index is 2.30. The van der Waals surface area contributed by atoms with Crippen LogP contribution in [0.4, 0.5) is 10.1 Å². The van der Waals surface area contributed by atoms with Crippen molar-refractivity contribution in [1.29, 1.82) is 0 Å². The third-order valence-electron chi connectivity index (χ3n) is 3.32.